The molecule has 0 bridgehead atoms. The highest BCUT2D eigenvalue weighted by Gasteiger charge is 2.22. The standard InChI is InChI=1S/C10H15BrN2O2S/c1-10(2,3)7-16(14,15)13-8-5-4-6-12-9(8)11/h4-6,13H,7H2,1-3H3. The minimum atomic E-state index is -3.33. The molecule has 0 aliphatic rings. The Labute approximate surface area is 105 Å². The van der Waals surface area contributed by atoms with Crippen LogP contribution in [0.1, 0.15) is 20.8 Å². The van der Waals surface area contributed by atoms with Crippen molar-refractivity contribution in [2.45, 2.75) is 20.8 Å². The molecule has 0 fully saturated rings. The maximum atomic E-state index is 11.8. The Morgan fingerprint density at radius 1 is 1.44 bits per heavy atom. The van der Waals surface area contributed by atoms with Gasteiger partial charge in [-0.1, -0.05) is 20.8 Å². The summed E-state index contributed by atoms with van der Waals surface area (Å²) in [6.07, 6.45) is 1.59. The van der Waals surface area contributed by atoms with Gasteiger partial charge in [-0.3, -0.25) is 4.72 Å². The number of anilines is 1. The van der Waals surface area contributed by atoms with Gasteiger partial charge in [0.05, 0.1) is 11.4 Å². The molecule has 0 aromatic carbocycles. The van der Waals surface area contributed by atoms with Crippen molar-refractivity contribution in [3.05, 3.63) is 22.9 Å². The van der Waals surface area contributed by atoms with E-state index in [0.717, 1.165) is 0 Å². The summed E-state index contributed by atoms with van der Waals surface area (Å²) >= 11 is 3.19. The average molecular weight is 307 g/mol. The number of aromatic nitrogens is 1. The quantitative estimate of drug-likeness (QED) is 0.873. The second-order valence-corrected chi connectivity index (χ2v) is 7.24. The molecule has 0 aliphatic carbocycles. The van der Waals surface area contributed by atoms with Gasteiger partial charge in [0, 0.05) is 6.20 Å². The van der Waals surface area contributed by atoms with Crippen LogP contribution in [0, 0.1) is 5.41 Å². The average Bonchev–Trinajstić information content (AvgIpc) is 2.04. The Morgan fingerprint density at radius 2 is 2.06 bits per heavy atom. The molecule has 90 valence electrons. The number of halogens is 1. The summed E-state index contributed by atoms with van der Waals surface area (Å²) < 4.78 is 26.6. The van der Waals surface area contributed by atoms with E-state index in [9.17, 15) is 8.42 Å². The van der Waals surface area contributed by atoms with Crippen molar-refractivity contribution < 1.29 is 8.42 Å². The molecular formula is C10H15BrN2O2S. The van der Waals surface area contributed by atoms with Gasteiger partial charge in [0.25, 0.3) is 0 Å². The van der Waals surface area contributed by atoms with Crippen molar-refractivity contribution in [1.29, 1.82) is 0 Å². The number of hydrogen-bond acceptors (Lipinski definition) is 3. The van der Waals surface area contributed by atoms with E-state index in [4.69, 9.17) is 0 Å². The first-order valence-electron chi connectivity index (χ1n) is 4.81. The number of pyridine rings is 1. The van der Waals surface area contributed by atoms with Crippen LogP contribution in [0.3, 0.4) is 0 Å². The highest BCUT2D eigenvalue weighted by Crippen LogP contribution is 2.22. The molecule has 6 heteroatoms. The van der Waals surface area contributed by atoms with Gasteiger partial charge in [-0.05, 0) is 33.5 Å². The predicted octanol–water partition coefficient (Wildman–Crippen LogP) is 2.63. The van der Waals surface area contributed by atoms with E-state index in [2.05, 4.69) is 25.6 Å². The van der Waals surface area contributed by atoms with E-state index < -0.39 is 10.0 Å². The highest BCUT2D eigenvalue weighted by atomic mass is 79.9. The molecule has 0 aliphatic heterocycles. The zero-order chi connectivity index (χ0) is 12.4. The van der Waals surface area contributed by atoms with E-state index in [-0.39, 0.29) is 11.2 Å². The first kappa shape index (κ1) is 13.4. The third kappa shape index (κ3) is 4.49. The number of nitrogens with one attached hydrogen (secondary N) is 1. The van der Waals surface area contributed by atoms with Gasteiger partial charge < -0.3 is 0 Å². The van der Waals surface area contributed by atoms with Crippen LogP contribution in [0.15, 0.2) is 22.9 Å². The summed E-state index contributed by atoms with van der Waals surface area (Å²) in [4.78, 5) is 3.95. The monoisotopic (exact) mass is 306 g/mol. The molecule has 0 atom stereocenters. The summed E-state index contributed by atoms with van der Waals surface area (Å²) in [6.45, 7) is 5.64. The molecular weight excluding hydrogens is 292 g/mol. The third-order valence-electron chi connectivity index (χ3n) is 1.65. The largest absolute Gasteiger partial charge is 0.281 e. The zero-order valence-corrected chi connectivity index (χ0v) is 11.9. The first-order valence-corrected chi connectivity index (χ1v) is 7.25. The van der Waals surface area contributed by atoms with E-state index in [1.807, 2.05) is 20.8 Å². The lowest BCUT2D eigenvalue weighted by atomic mass is 10.0. The van der Waals surface area contributed by atoms with E-state index in [1.165, 1.54) is 0 Å². The Hall–Kier alpha value is -0.620. The van der Waals surface area contributed by atoms with Gasteiger partial charge >= 0.3 is 0 Å². The second kappa shape index (κ2) is 4.71. The van der Waals surface area contributed by atoms with Crippen LogP contribution < -0.4 is 4.72 Å². The van der Waals surface area contributed by atoms with Crippen LogP contribution in [-0.2, 0) is 10.0 Å². The molecule has 1 aromatic rings. The summed E-state index contributed by atoms with van der Waals surface area (Å²) in [7, 11) is -3.33. The van der Waals surface area contributed by atoms with Gasteiger partial charge in [0.2, 0.25) is 10.0 Å². The fourth-order valence-electron chi connectivity index (χ4n) is 1.24. The molecule has 4 nitrogen and oxygen atoms in total. The van der Waals surface area contributed by atoms with Crippen LogP contribution in [0.4, 0.5) is 5.69 Å². The Balaban J connectivity index is 2.86. The minimum Gasteiger partial charge on any atom is -0.281 e. The predicted molar refractivity (Wildman–Crippen MR) is 68.8 cm³/mol. The molecule has 0 spiro atoms. The second-order valence-electron chi connectivity index (χ2n) is 4.76. The number of sulfonamides is 1. The lowest BCUT2D eigenvalue weighted by Crippen LogP contribution is -2.26. The first-order chi connectivity index (χ1) is 7.20. The van der Waals surface area contributed by atoms with Gasteiger partial charge in [-0.25, -0.2) is 13.4 Å². The molecule has 0 unspecified atom stereocenters. The Kier molecular flexibility index (Phi) is 3.96. The van der Waals surface area contributed by atoms with Gasteiger partial charge in [-0.15, -0.1) is 0 Å². The lowest BCUT2D eigenvalue weighted by Gasteiger charge is -2.18. The fourth-order valence-corrected chi connectivity index (χ4v) is 3.43. The normalized spacial score (nSPS) is 12.5. The van der Waals surface area contributed by atoms with Crippen molar-refractivity contribution in [2.75, 3.05) is 10.5 Å². The smallest absolute Gasteiger partial charge is 0.233 e. The van der Waals surface area contributed by atoms with Crippen molar-refractivity contribution in [1.82, 2.24) is 4.98 Å². The third-order valence-corrected chi connectivity index (χ3v) is 4.06. The molecule has 1 N–H and O–H groups in total. The molecule has 0 radical (unpaired) electrons. The molecule has 1 rings (SSSR count). The van der Waals surface area contributed by atoms with Crippen molar-refractivity contribution in [2.24, 2.45) is 5.41 Å². The summed E-state index contributed by atoms with van der Waals surface area (Å²) in [5, 5.41) is 0. The number of hydrogen-bond donors (Lipinski definition) is 1. The van der Waals surface area contributed by atoms with Crippen molar-refractivity contribution in [3.63, 3.8) is 0 Å². The van der Waals surface area contributed by atoms with Crippen molar-refractivity contribution >= 4 is 31.6 Å². The molecule has 0 saturated heterocycles. The highest BCUT2D eigenvalue weighted by molar-refractivity contribution is 9.10. The van der Waals surface area contributed by atoms with E-state index >= 15 is 0 Å². The Bertz CT molecular complexity index is 466. The van der Waals surface area contributed by atoms with Crippen molar-refractivity contribution in [3.8, 4) is 0 Å². The summed E-state index contributed by atoms with van der Waals surface area (Å²) in [6, 6.07) is 3.34. The van der Waals surface area contributed by atoms with E-state index in [1.54, 1.807) is 18.3 Å². The minimum absolute atomic E-state index is 0.0708. The van der Waals surface area contributed by atoms with Gasteiger partial charge in [0.15, 0.2) is 0 Å². The SMILES string of the molecule is CC(C)(C)CS(=O)(=O)Nc1cccnc1Br. The van der Waals surface area contributed by atoms with Crippen LogP contribution in [-0.4, -0.2) is 19.2 Å². The van der Waals surface area contributed by atoms with Crippen LogP contribution >= 0.6 is 15.9 Å². The Morgan fingerprint density at radius 3 is 2.56 bits per heavy atom. The van der Waals surface area contributed by atoms with Gasteiger partial charge in [-0.2, -0.15) is 0 Å². The zero-order valence-electron chi connectivity index (χ0n) is 9.49. The topological polar surface area (TPSA) is 59.1 Å². The molecule has 16 heavy (non-hydrogen) atoms. The lowest BCUT2D eigenvalue weighted by molar-refractivity contribution is 0.463. The molecule has 0 saturated carbocycles. The summed E-state index contributed by atoms with van der Waals surface area (Å²) in [5.41, 5.74) is 0.187. The molecule has 0 amide bonds. The van der Waals surface area contributed by atoms with Crippen LogP contribution in [0.25, 0.3) is 0 Å². The maximum Gasteiger partial charge on any atom is 0.233 e. The fraction of sp³-hybridized carbons (Fsp3) is 0.500. The van der Waals surface area contributed by atoms with E-state index in [0.29, 0.717) is 10.3 Å². The van der Waals surface area contributed by atoms with Crippen LogP contribution in [0.2, 0.25) is 0 Å². The molecule has 1 heterocycles. The number of rotatable bonds is 3. The maximum absolute atomic E-state index is 11.8. The number of nitrogens with zero attached hydrogens (tertiary/aromatic N) is 1. The summed E-state index contributed by atoms with van der Waals surface area (Å²) in [5.74, 6) is 0.0708. The van der Waals surface area contributed by atoms with Crippen LogP contribution in [0.5, 0.6) is 0 Å². The molecule has 1 aromatic heterocycles. The van der Waals surface area contributed by atoms with Gasteiger partial charge in [0.1, 0.15) is 4.60 Å².